The number of aromatic nitrogens is 1. The highest BCUT2D eigenvalue weighted by atomic mass is 32.2. The molecule has 172 valence electrons. The van der Waals surface area contributed by atoms with E-state index < -0.39 is 0 Å². The number of carbonyl (C=O) groups is 1. The Morgan fingerprint density at radius 1 is 0.914 bits per heavy atom. The van der Waals surface area contributed by atoms with Gasteiger partial charge in [-0.1, -0.05) is 72.3 Å². The molecule has 1 fully saturated rings. The Morgan fingerprint density at radius 3 is 2.43 bits per heavy atom. The lowest BCUT2D eigenvalue weighted by Crippen LogP contribution is -2.28. The minimum absolute atomic E-state index is 0.135. The highest BCUT2D eigenvalue weighted by Crippen LogP contribution is 2.38. The number of anilines is 1. The van der Waals surface area contributed by atoms with Crippen LogP contribution in [-0.4, -0.2) is 16.1 Å². The molecule has 4 aromatic rings. The van der Waals surface area contributed by atoms with Gasteiger partial charge in [0.2, 0.25) is 0 Å². The number of ether oxygens (including phenoxy) is 1. The van der Waals surface area contributed by atoms with Crippen LogP contribution in [0.2, 0.25) is 0 Å². The van der Waals surface area contributed by atoms with E-state index in [1.54, 1.807) is 11.1 Å². The van der Waals surface area contributed by atoms with Crippen LogP contribution < -0.4 is 9.64 Å². The summed E-state index contributed by atoms with van der Waals surface area (Å²) in [6.45, 7) is 2.51. The van der Waals surface area contributed by atoms with Gasteiger partial charge in [0.05, 0.1) is 10.6 Å². The van der Waals surface area contributed by atoms with Crippen molar-refractivity contribution in [3.63, 3.8) is 0 Å². The number of thioether (sulfide) groups is 1. The molecule has 0 bridgehead atoms. The quantitative estimate of drug-likeness (QED) is 0.287. The molecule has 5 rings (SSSR count). The van der Waals surface area contributed by atoms with Crippen LogP contribution in [0.4, 0.5) is 11.5 Å². The van der Waals surface area contributed by atoms with Gasteiger partial charge < -0.3 is 4.74 Å². The van der Waals surface area contributed by atoms with E-state index in [0.717, 1.165) is 22.6 Å². The number of rotatable bonds is 6. The van der Waals surface area contributed by atoms with Crippen LogP contribution >= 0.6 is 11.8 Å². The van der Waals surface area contributed by atoms with E-state index >= 15 is 0 Å². The molecule has 0 N–H and O–H groups in total. The zero-order chi connectivity index (χ0) is 24.0. The van der Waals surface area contributed by atoms with Crippen molar-refractivity contribution in [2.75, 3.05) is 4.90 Å². The van der Waals surface area contributed by atoms with E-state index in [4.69, 9.17) is 4.74 Å². The molecule has 0 radical (unpaired) electrons. The van der Waals surface area contributed by atoms with Gasteiger partial charge in [-0.05, 0) is 60.7 Å². The Kier molecular flexibility index (Phi) is 6.73. The summed E-state index contributed by atoms with van der Waals surface area (Å²) in [5, 5.41) is 0.559. The summed E-state index contributed by atoms with van der Waals surface area (Å²) in [5.74, 6) is 1.13. The number of hydrogen-bond acceptors (Lipinski definition) is 5. The molecule has 0 atom stereocenters. The zero-order valence-corrected chi connectivity index (χ0v) is 20.0. The largest absolute Gasteiger partial charge is 0.488 e. The summed E-state index contributed by atoms with van der Waals surface area (Å²) >= 11 is 1.33. The molecule has 5 nitrogen and oxygen atoms in total. The van der Waals surface area contributed by atoms with Crippen LogP contribution in [0.1, 0.15) is 16.7 Å². The van der Waals surface area contributed by atoms with Gasteiger partial charge >= 0.3 is 0 Å². The Morgan fingerprint density at radius 2 is 1.66 bits per heavy atom. The lowest BCUT2D eigenvalue weighted by molar-refractivity contribution is -0.113. The number of hydrogen-bond donors (Lipinski definition) is 0. The van der Waals surface area contributed by atoms with E-state index in [1.807, 2.05) is 78.9 Å². The van der Waals surface area contributed by atoms with Crippen LogP contribution in [0.3, 0.4) is 0 Å². The smallest absolute Gasteiger partial charge is 0.271 e. The molecule has 0 unspecified atom stereocenters. The fraction of sp³-hybridized carbons (Fsp3) is 0.0690. The first-order valence-corrected chi connectivity index (χ1v) is 12.1. The van der Waals surface area contributed by atoms with Crippen LogP contribution in [0.25, 0.3) is 6.08 Å². The topological polar surface area (TPSA) is 54.8 Å². The maximum Gasteiger partial charge on any atom is 0.271 e. The molecule has 0 saturated carbocycles. The number of benzene rings is 3. The monoisotopic (exact) mass is 477 g/mol. The van der Waals surface area contributed by atoms with Gasteiger partial charge in [-0.25, -0.2) is 9.98 Å². The highest BCUT2D eigenvalue weighted by molar-refractivity contribution is 8.19. The Balaban J connectivity index is 1.46. The van der Waals surface area contributed by atoms with Crippen LogP contribution in [0.5, 0.6) is 5.75 Å². The number of aliphatic imine (C=N–C) groups is 1. The molecule has 3 aromatic carbocycles. The maximum absolute atomic E-state index is 13.5. The first-order valence-electron chi connectivity index (χ1n) is 11.2. The first-order chi connectivity index (χ1) is 17.2. The Hall–Kier alpha value is -4.16. The van der Waals surface area contributed by atoms with Crippen LogP contribution in [-0.2, 0) is 11.4 Å². The number of pyridine rings is 1. The van der Waals surface area contributed by atoms with Gasteiger partial charge in [0, 0.05) is 11.8 Å². The second-order valence-electron chi connectivity index (χ2n) is 7.98. The summed E-state index contributed by atoms with van der Waals surface area (Å²) in [6.07, 6.45) is 3.56. The fourth-order valence-corrected chi connectivity index (χ4v) is 4.57. The van der Waals surface area contributed by atoms with E-state index in [0.29, 0.717) is 22.5 Å². The second kappa shape index (κ2) is 10.4. The standard InChI is InChI=1S/C29H23N3O2S/c1-21-14-16-22(17-15-21)20-34-25-12-6-5-9-23(25)19-26-28(33)32(24-10-3-2-4-11-24)29(35-26)31-27-13-7-8-18-30-27/h2-19H,20H2,1H3/b26-19-,31-29+. The Bertz CT molecular complexity index is 1380. The van der Waals surface area contributed by atoms with Crippen molar-refractivity contribution in [3.05, 3.63) is 125 Å². The number of amidine groups is 1. The maximum atomic E-state index is 13.5. The third kappa shape index (κ3) is 5.34. The van der Waals surface area contributed by atoms with Gasteiger partial charge in [-0.3, -0.25) is 9.69 Å². The number of nitrogens with zero attached hydrogens (tertiary/aromatic N) is 3. The van der Waals surface area contributed by atoms with Gasteiger partial charge in [-0.15, -0.1) is 0 Å². The lowest BCUT2D eigenvalue weighted by Gasteiger charge is -2.15. The molecular formula is C29H23N3O2S. The van der Waals surface area contributed by atoms with Crippen molar-refractivity contribution in [2.24, 2.45) is 4.99 Å². The van der Waals surface area contributed by atoms with E-state index in [2.05, 4.69) is 41.2 Å². The van der Waals surface area contributed by atoms with Crippen LogP contribution in [0.15, 0.2) is 113 Å². The van der Waals surface area contributed by atoms with Gasteiger partial charge in [0.25, 0.3) is 5.91 Å². The van der Waals surface area contributed by atoms with Gasteiger partial charge in [0.15, 0.2) is 11.0 Å². The molecule has 1 aliphatic rings. The van der Waals surface area contributed by atoms with Crippen molar-refractivity contribution in [1.29, 1.82) is 0 Å². The molecule has 1 aromatic heterocycles. The summed E-state index contributed by atoms with van der Waals surface area (Å²) in [4.78, 5) is 24.7. The average molecular weight is 478 g/mol. The van der Waals surface area contributed by atoms with E-state index in [1.165, 1.54) is 17.3 Å². The number of carbonyl (C=O) groups excluding carboxylic acids is 1. The summed E-state index contributed by atoms with van der Waals surface area (Å²) in [6, 6.07) is 31.1. The number of aryl methyl sites for hydroxylation is 1. The molecular weight excluding hydrogens is 454 g/mol. The average Bonchev–Trinajstić information content (AvgIpc) is 3.19. The van der Waals surface area contributed by atoms with Crippen LogP contribution in [0, 0.1) is 6.92 Å². The molecule has 1 saturated heterocycles. The molecule has 0 spiro atoms. The highest BCUT2D eigenvalue weighted by Gasteiger charge is 2.35. The fourth-order valence-electron chi connectivity index (χ4n) is 3.59. The van der Waals surface area contributed by atoms with Crippen molar-refractivity contribution < 1.29 is 9.53 Å². The molecule has 2 heterocycles. The SMILES string of the molecule is Cc1ccc(COc2ccccc2/C=C2\S/C(=N/c3ccccn3)N(c3ccccc3)C2=O)cc1. The predicted molar refractivity (Wildman–Crippen MR) is 143 cm³/mol. The van der Waals surface area contributed by atoms with Crippen molar-refractivity contribution in [2.45, 2.75) is 13.5 Å². The zero-order valence-electron chi connectivity index (χ0n) is 19.2. The lowest BCUT2D eigenvalue weighted by atomic mass is 10.1. The predicted octanol–water partition coefficient (Wildman–Crippen LogP) is 6.78. The summed E-state index contributed by atoms with van der Waals surface area (Å²) in [7, 11) is 0. The third-order valence-corrected chi connectivity index (χ3v) is 6.37. The third-order valence-electron chi connectivity index (χ3n) is 5.40. The van der Waals surface area contributed by atoms with Gasteiger partial charge in [-0.2, -0.15) is 0 Å². The second-order valence-corrected chi connectivity index (χ2v) is 8.99. The van der Waals surface area contributed by atoms with Gasteiger partial charge in [0.1, 0.15) is 12.4 Å². The van der Waals surface area contributed by atoms with E-state index in [-0.39, 0.29) is 5.91 Å². The summed E-state index contributed by atoms with van der Waals surface area (Å²) < 4.78 is 6.12. The normalized spacial score (nSPS) is 15.7. The Labute approximate surface area is 208 Å². The van der Waals surface area contributed by atoms with Crippen molar-refractivity contribution in [1.82, 2.24) is 4.98 Å². The summed E-state index contributed by atoms with van der Waals surface area (Å²) in [5.41, 5.74) is 3.89. The van der Waals surface area contributed by atoms with Crippen molar-refractivity contribution in [3.8, 4) is 5.75 Å². The first kappa shape index (κ1) is 22.6. The molecule has 6 heteroatoms. The minimum atomic E-state index is -0.135. The van der Waals surface area contributed by atoms with Crippen molar-refractivity contribution >= 4 is 40.4 Å². The molecule has 0 aliphatic carbocycles. The molecule has 35 heavy (non-hydrogen) atoms. The molecule has 1 amide bonds. The number of amides is 1. The molecule has 1 aliphatic heterocycles. The minimum Gasteiger partial charge on any atom is -0.488 e. The van der Waals surface area contributed by atoms with E-state index in [9.17, 15) is 4.79 Å². The number of para-hydroxylation sites is 2.